The van der Waals surface area contributed by atoms with Crippen LogP contribution in [0.25, 0.3) is 22.3 Å². The summed E-state index contributed by atoms with van der Waals surface area (Å²) >= 11 is 0. The number of unbranched alkanes of at least 4 members (excludes halogenated alkanes) is 6. The van der Waals surface area contributed by atoms with E-state index in [1.165, 1.54) is 143 Å². The molecule has 0 heteroatoms. The van der Waals surface area contributed by atoms with E-state index >= 15 is 0 Å². The minimum Gasteiger partial charge on any atom is -0.0959 e. The fourth-order valence-electron chi connectivity index (χ4n) is 7.37. The Morgan fingerprint density at radius 1 is 0.492 bits per heavy atom. The van der Waals surface area contributed by atoms with Crippen molar-refractivity contribution in [3.05, 3.63) is 131 Å². The van der Waals surface area contributed by atoms with E-state index in [9.17, 15) is 0 Å². The molecule has 0 bridgehead atoms. The Hall–Kier alpha value is -3.38. The molecule has 3 aromatic rings. The highest BCUT2D eigenvalue weighted by Crippen LogP contribution is 2.39. The van der Waals surface area contributed by atoms with Gasteiger partial charge < -0.3 is 0 Å². The van der Waals surface area contributed by atoms with Crippen molar-refractivity contribution in [3.8, 4) is 22.3 Å². The first-order chi connectivity index (χ1) is 28.3. The van der Waals surface area contributed by atoms with E-state index in [1.54, 1.807) is 16.7 Å². The number of hydrogen-bond donors (Lipinski definition) is 0. The maximum absolute atomic E-state index is 3.66. The van der Waals surface area contributed by atoms with Gasteiger partial charge in [0.25, 0.3) is 0 Å². The number of aryl methyl sites for hydroxylation is 3. The third-order valence-electron chi connectivity index (χ3n) is 12.0. The van der Waals surface area contributed by atoms with Gasteiger partial charge in [-0.2, -0.15) is 0 Å². The van der Waals surface area contributed by atoms with Gasteiger partial charge in [0, 0.05) is 0 Å². The topological polar surface area (TPSA) is 0 Å². The molecule has 330 valence electrons. The lowest BCUT2D eigenvalue weighted by molar-refractivity contribution is 0.303. The summed E-state index contributed by atoms with van der Waals surface area (Å²) in [5.41, 5.74) is 17.5. The molecule has 0 aromatic heterocycles. The van der Waals surface area contributed by atoms with Gasteiger partial charge in [-0.15, -0.1) is 0 Å². The van der Waals surface area contributed by atoms with Gasteiger partial charge in [0.2, 0.25) is 0 Å². The minimum atomic E-state index is 0.760. The Labute approximate surface area is 369 Å². The molecular weight excluding hydrogens is 709 g/mol. The molecule has 1 fully saturated rings. The van der Waals surface area contributed by atoms with Gasteiger partial charge in [0.1, 0.15) is 0 Å². The fourth-order valence-corrected chi connectivity index (χ4v) is 7.37. The van der Waals surface area contributed by atoms with Crippen molar-refractivity contribution < 1.29 is 0 Å². The van der Waals surface area contributed by atoms with E-state index in [0.717, 1.165) is 40.5 Å². The molecule has 0 nitrogen and oxygen atoms in total. The van der Waals surface area contributed by atoms with Crippen molar-refractivity contribution in [1.29, 1.82) is 0 Å². The molecule has 1 aliphatic carbocycles. The first-order valence-electron chi connectivity index (χ1n) is 24.3. The van der Waals surface area contributed by atoms with Crippen LogP contribution in [-0.2, 0) is 19.3 Å². The average molecular weight is 803 g/mol. The maximum Gasteiger partial charge on any atom is -0.0151 e. The second-order valence-electron chi connectivity index (χ2n) is 17.2. The van der Waals surface area contributed by atoms with Gasteiger partial charge in [0.15, 0.2) is 0 Å². The summed E-state index contributed by atoms with van der Waals surface area (Å²) in [6.07, 6.45) is 23.8. The molecule has 0 atom stereocenters. The fraction of sp³-hybridized carbons (Fsp3) is 0.559. The third-order valence-corrected chi connectivity index (χ3v) is 12.0. The largest absolute Gasteiger partial charge is 0.0959 e. The molecule has 1 saturated carbocycles. The lowest BCUT2D eigenvalue weighted by atomic mass is 9.77. The van der Waals surface area contributed by atoms with Crippen LogP contribution in [0.15, 0.2) is 103 Å². The van der Waals surface area contributed by atoms with Crippen molar-refractivity contribution in [2.24, 2.45) is 5.92 Å². The van der Waals surface area contributed by atoms with E-state index in [1.807, 2.05) is 41.5 Å². The van der Waals surface area contributed by atoms with Crippen LogP contribution in [0.3, 0.4) is 0 Å². The molecule has 59 heavy (non-hydrogen) atoms. The molecule has 0 aliphatic heterocycles. The second-order valence-corrected chi connectivity index (χ2v) is 17.2. The molecule has 0 N–H and O–H groups in total. The zero-order chi connectivity index (χ0) is 44.8. The maximum atomic E-state index is 3.66. The van der Waals surface area contributed by atoms with Crippen LogP contribution < -0.4 is 0 Å². The number of allylic oxidation sites excluding steroid dienone is 4. The van der Waals surface area contributed by atoms with Crippen LogP contribution in [-0.4, -0.2) is 0 Å². The Morgan fingerprint density at radius 3 is 1.31 bits per heavy atom. The van der Waals surface area contributed by atoms with Crippen LogP contribution >= 0.6 is 0 Å². The summed E-state index contributed by atoms with van der Waals surface area (Å²) in [6.45, 7) is 42.4. The summed E-state index contributed by atoms with van der Waals surface area (Å²) in [4.78, 5) is 0. The lowest BCUT2D eigenvalue weighted by Gasteiger charge is -2.29. The molecule has 0 unspecified atom stereocenters. The minimum absolute atomic E-state index is 0.760. The van der Waals surface area contributed by atoms with Crippen LogP contribution in [0.5, 0.6) is 0 Å². The zero-order valence-corrected chi connectivity index (χ0v) is 41.4. The van der Waals surface area contributed by atoms with Crippen molar-refractivity contribution >= 4 is 0 Å². The van der Waals surface area contributed by atoms with E-state index in [-0.39, 0.29) is 0 Å². The standard InChI is InChI=1S/C40H56.2C6H10.C5H12.C2H6/c1-6-10-13-14-31-17-19-33(20-18-31)34-21-23-35(24-22-34)38-25-26-40(32(9-4)27-38)39-28-36(15-11-7-2)30(5)37(29-39)16-12-8-3;2*1-5(2)6(3)4;1-3-5-4-2;1-2/h21-29,31,33H,6-20H2,1-5H3;2*1,3H2,2,4H3;3-5H2,1-2H3;1-2H3. The van der Waals surface area contributed by atoms with Crippen molar-refractivity contribution in [2.45, 2.75) is 212 Å². The first-order valence-corrected chi connectivity index (χ1v) is 24.3. The molecular formula is C59H94. The third kappa shape index (κ3) is 22.2. The van der Waals surface area contributed by atoms with Crippen molar-refractivity contribution in [1.82, 2.24) is 0 Å². The van der Waals surface area contributed by atoms with Crippen LogP contribution in [0.2, 0.25) is 0 Å². The van der Waals surface area contributed by atoms with E-state index in [0.29, 0.717) is 0 Å². The Balaban J connectivity index is 0.00000148. The van der Waals surface area contributed by atoms with Gasteiger partial charge >= 0.3 is 0 Å². The van der Waals surface area contributed by atoms with Crippen molar-refractivity contribution in [3.63, 3.8) is 0 Å². The summed E-state index contributed by atoms with van der Waals surface area (Å²) < 4.78 is 0. The molecule has 3 aromatic carbocycles. The van der Waals surface area contributed by atoms with Gasteiger partial charge in [-0.3, -0.25) is 0 Å². The quantitative estimate of drug-likeness (QED) is 0.0888. The van der Waals surface area contributed by atoms with E-state index in [4.69, 9.17) is 0 Å². The Bertz CT molecular complexity index is 1520. The Morgan fingerprint density at radius 2 is 0.915 bits per heavy atom. The molecule has 0 heterocycles. The number of benzene rings is 3. The smallest absolute Gasteiger partial charge is 0.0151 e. The number of rotatable bonds is 18. The number of hydrogen-bond acceptors (Lipinski definition) is 0. The molecule has 0 amide bonds. The zero-order valence-electron chi connectivity index (χ0n) is 41.4. The summed E-state index contributed by atoms with van der Waals surface area (Å²) in [6, 6.07) is 21.9. The monoisotopic (exact) mass is 803 g/mol. The first kappa shape index (κ1) is 55.6. The lowest BCUT2D eigenvalue weighted by Crippen LogP contribution is -2.13. The highest BCUT2D eigenvalue weighted by molar-refractivity contribution is 5.75. The van der Waals surface area contributed by atoms with E-state index in [2.05, 4.69) is 129 Å². The van der Waals surface area contributed by atoms with Crippen molar-refractivity contribution in [2.75, 3.05) is 0 Å². The molecule has 1 aliphatic rings. The SMILES string of the molecule is C=C(C)C(=C)C.C=C(C)C(=C)C.CC.CCCCC.CCCCCC1CCC(c2ccc(-c3ccc(-c4cc(CCCC)c(C)c(CCCC)c4)c(CC)c3)cc2)CC1. The summed E-state index contributed by atoms with van der Waals surface area (Å²) in [7, 11) is 0. The highest BCUT2D eigenvalue weighted by atomic mass is 14.3. The summed E-state index contributed by atoms with van der Waals surface area (Å²) in [5.74, 6) is 1.74. The predicted molar refractivity (Wildman–Crippen MR) is 273 cm³/mol. The van der Waals surface area contributed by atoms with E-state index < -0.39 is 0 Å². The van der Waals surface area contributed by atoms with Crippen LogP contribution in [0.4, 0.5) is 0 Å². The van der Waals surface area contributed by atoms with Crippen LogP contribution in [0, 0.1) is 12.8 Å². The normalized spacial score (nSPS) is 14.1. The second kappa shape index (κ2) is 33.4. The molecule has 4 rings (SSSR count). The molecule has 0 spiro atoms. The molecule has 0 saturated heterocycles. The van der Waals surface area contributed by atoms with Gasteiger partial charge in [0.05, 0.1) is 0 Å². The Kier molecular flexibility index (Phi) is 31.4. The van der Waals surface area contributed by atoms with Gasteiger partial charge in [-0.25, -0.2) is 0 Å². The highest BCUT2D eigenvalue weighted by Gasteiger charge is 2.22. The van der Waals surface area contributed by atoms with Gasteiger partial charge in [-0.05, 0) is 154 Å². The molecule has 0 radical (unpaired) electrons. The average Bonchev–Trinajstić information content (AvgIpc) is 3.24. The van der Waals surface area contributed by atoms with Crippen LogP contribution in [0.1, 0.15) is 213 Å². The summed E-state index contributed by atoms with van der Waals surface area (Å²) in [5, 5.41) is 0. The predicted octanol–water partition coefficient (Wildman–Crippen LogP) is 19.9. The van der Waals surface area contributed by atoms with Gasteiger partial charge in [-0.1, -0.05) is 216 Å².